The molecule has 0 aliphatic carbocycles. The van der Waals surface area contributed by atoms with Gasteiger partial charge in [0.15, 0.2) is 0 Å². The zero-order valence-electron chi connectivity index (χ0n) is 4.80. The van der Waals surface area contributed by atoms with Crippen LogP contribution in [0.1, 0.15) is 5.76 Å². The summed E-state index contributed by atoms with van der Waals surface area (Å²) in [7, 11) is 0. The third kappa shape index (κ3) is 1.54. The summed E-state index contributed by atoms with van der Waals surface area (Å²) in [5.74, 6) is 0.481. The largest absolute Gasteiger partial charge is 0.436 e. The molecule has 0 saturated heterocycles. The number of aliphatic hydroxyl groups excluding tert-OH is 1. The van der Waals surface area contributed by atoms with Crippen molar-refractivity contribution in [1.82, 2.24) is 0 Å². The summed E-state index contributed by atoms with van der Waals surface area (Å²) in [5, 5.41) is 8.35. The molecule has 0 fully saturated rings. The predicted octanol–water partition coefficient (Wildman–Crippen LogP) is 0.954. The Morgan fingerprint density at radius 1 is 1.56 bits per heavy atom. The Kier molecular flexibility index (Phi) is 1.85. The molecule has 1 rings (SSSR count). The summed E-state index contributed by atoms with van der Waals surface area (Å²) in [6.07, 6.45) is 0.379. The van der Waals surface area contributed by atoms with Crippen molar-refractivity contribution in [2.45, 2.75) is 6.42 Å². The first kappa shape index (κ1) is 6.29. The summed E-state index contributed by atoms with van der Waals surface area (Å²) < 4.78 is 16.5. The smallest absolute Gasteiger partial charge is 0.277 e. The van der Waals surface area contributed by atoms with Crippen LogP contribution in [0.25, 0.3) is 0 Å². The van der Waals surface area contributed by atoms with Gasteiger partial charge in [-0.25, -0.2) is 0 Å². The number of hydrogen-bond acceptors (Lipinski definition) is 2. The molecule has 0 aliphatic heterocycles. The molecule has 0 bridgehead atoms. The number of rotatable bonds is 2. The maximum absolute atomic E-state index is 12.0. The van der Waals surface area contributed by atoms with Crippen molar-refractivity contribution in [3.05, 3.63) is 23.9 Å². The second-order valence-electron chi connectivity index (χ2n) is 1.68. The summed E-state index contributed by atoms with van der Waals surface area (Å²) in [6.45, 7) is -0.00699. The Morgan fingerprint density at radius 3 is 2.78 bits per heavy atom. The minimum Gasteiger partial charge on any atom is -0.436 e. The van der Waals surface area contributed by atoms with Gasteiger partial charge in [0.1, 0.15) is 5.76 Å². The molecular weight excluding hydrogens is 123 g/mol. The quantitative estimate of drug-likeness (QED) is 0.646. The molecule has 1 N–H and O–H groups in total. The van der Waals surface area contributed by atoms with E-state index in [2.05, 4.69) is 4.42 Å². The van der Waals surface area contributed by atoms with Crippen LogP contribution in [0.5, 0.6) is 0 Å². The monoisotopic (exact) mass is 130 g/mol. The molecule has 1 aromatic heterocycles. The van der Waals surface area contributed by atoms with Crippen molar-refractivity contribution >= 4 is 0 Å². The lowest BCUT2D eigenvalue weighted by atomic mass is 10.3. The Bertz CT molecular complexity index is 183. The molecule has 0 atom stereocenters. The lowest BCUT2D eigenvalue weighted by Gasteiger charge is -1.86. The van der Waals surface area contributed by atoms with E-state index in [9.17, 15) is 4.39 Å². The Balaban J connectivity index is 2.61. The Hall–Kier alpha value is -0.830. The van der Waals surface area contributed by atoms with Crippen LogP contribution < -0.4 is 0 Å². The van der Waals surface area contributed by atoms with Crippen LogP contribution >= 0.6 is 0 Å². The minimum atomic E-state index is -0.599. The molecule has 9 heavy (non-hydrogen) atoms. The van der Waals surface area contributed by atoms with Crippen LogP contribution in [0.4, 0.5) is 4.39 Å². The first-order chi connectivity index (χ1) is 4.33. The third-order valence-corrected chi connectivity index (χ3v) is 0.987. The van der Waals surface area contributed by atoms with Crippen molar-refractivity contribution in [1.29, 1.82) is 0 Å². The lowest BCUT2D eigenvalue weighted by Crippen LogP contribution is -1.86. The molecule has 2 nitrogen and oxygen atoms in total. The maximum Gasteiger partial charge on any atom is 0.277 e. The van der Waals surface area contributed by atoms with E-state index in [-0.39, 0.29) is 6.61 Å². The van der Waals surface area contributed by atoms with E-state index >= 15 is 0 Å². The van der Waals surface area contributed by atoms with E-state index < -0.39 is 6.01 Å². The van der Waals surface area contributed by atoms with Gasteiger partial charge in [-0.15, -0.1) is 0 Å². The zero-order valence-corrected chi connectivity index (χ0v) is 4.80. The van der Waals surface area contributed by atoms with Crippen LogP contribution in [0.2, 0.25) is 0 Å². The molecule has 1 aromatic rings. The fourth-order valence-electron chi connectivity index (χ4n) is 0.596. The van der Waals surface area contributed by atoms with Crippen LogP contribution in [-0.4, -0.2) is 11.7 Å². The predicted molar refractivity (Wildman–Crippen MR) is 29.5 cm³/mol. The lowest BCUT2D eigenvalue weighted by molar-refractivity contribution is 0.273. The highest BCUT2D eigenvalue weighted by Crippen LogP contribution is 2.04. The summed E-state index contributed by atoms with van der Waals surface area (Å²) in [4.78, 5) is 0. The van der Waals surface area contributed by atoms with Gasteiger partial charge in [0, 0.05) is 12.5 Å². The Morgan fingerprint density at radius 2 is 2.33 bits per heavy atom. The molecule has 0 radical (unpaired) electrons. The Labute approximate surface area is 51.9 Å². The zero-order chi connectivity index (χ0) is 6.69. The molecule has 50 valence electrons. The van der Waals surface area contributed by atoms with E-state index in [1.807, 2.05) is 0 Å². The molecule has 0 spiro atoms. The molecule has 0 saturated carbocycles. The van der Waals surface area contributed by atoms with Gasteiger partial charge in [0.05, 0.1) is 6.61 Å². The van der Waals surface area contributed by atoms with Gasteiger partial charge in [0.2, 0.25) is 0 Å². The van der Waals surface area contributed by atoms with E-state index in [1.165, 1.54) is 12.1 Å². The van der Waals surface area contributed by atoms with E-state index in [0.29, 0.717) is 12.2 Å². The van der Waals surface area contributed by atoms with Crippen LogP contribution in [0, 0.1) is 6.01 Å². The van der Waals surface area contributed by atoms with Gasteiger partial charge >= 0.3 is 0 Å². The number of hydrogen-bond donors (Lipinski definition) is 1. The van der Waals surface area contributed by atoms with Gasteiger partial charge in [-0.2, -0.15) is 4.39 Å². The van der Waals surface area contributed by atoms with Crippen LogP contribution in [-0.2, 0) is 6.42 Å². The molecule has 0 aliphatic rings. The van der Waals surface area contributed by atoms with Gasteiger partial charge in [-0.3, -0.25) is 0 Å². The first-order valence-electron chi connectivity index (χ1n) is 2.68. The van der Waals surface area contributed by atoms with Crippen molar-refractivity contribution in [2.75, 3.05) is 6.61 Å². The van der Waals surface area contributed by atoms with E-state index in [1.54, 1.807) is 0 Å². The fraction of sp³-hybridized carbons (Fsp3) is 0.333. The van der Waals surface area contributed by atoms with E-state index in [0.717, 1.165) is 0 Å². The van der Waals surface area contributed by atoms with Crippen LogP contribution in [0.15, 0.2) is 16.5 Å². The number of aliphatic hydroxyl groups is 1. The molecule has 0 amide bonds. The minimum absolute atomic E-state index is 0.00699. The van der Waals surface area contributed by atoms with Crippen molar-refractivity contribution in [3.63, 3.8) is 0 Å². The average molecular weight is 130 g/mol. The van der Waals surface area contributed by atoms with Gasteiger partial charge in [0.25, 0.3) is 6.01 Å². The highest BCUT2D eigenvalue weighted by atomic mass is 19.1. The summed E-state index contributed by atoms with van der Waals surface area (Å²) >= 11 is 0. The fourth-order valence-corrected chi connectivity index (χ4v) is 0.596. The van der Waals surface area contributed by atoms with Crippen molar-refractivity contribution in [2.24, 2.45) is 0 Å². The molecule has 3 heteroatoms. The molecule has 0 aromatic carbocycles. The average Bonchev–Trinajstić information content (AvgIpc) is 2.17. The first-order valence-corrected chi connectivity index (χ1v) is 2.68. The standard InChI is InChI=1S/C6H7FO2/c7-6-2-1-5(9-6)3-4-8/h1-2,8H,3-4H2. The highest BCUT2D eigenvalue weighted by Gasteiger charge is 1.97. The topological polar surface area (TPSA) is 33.4 Å². The van der Waals surface area contributed by atoms with Crippen molar-refractivity contribution in [3.8, 4) is 0 Å². The second kappa shape index (κ2) is 2.64. The van der Waals surface area contributed by atoms with Gasteiger partial charge < -0.3 is 9.52 Å². The van der Waals surface area contributed by atoms with Crippen LogP contribution in [0.3, 0.4) is 0 Å². The number of halogens is 1. The maximum atomic E-state index is 12.0. The second-order valence-corrected chi connectivity index (χ2v) is 1.68. The normalized spacial score (nSPS) is 10.0. The molecule has 1 heterocycles. The van der Waals surface area contributed by atoms with Gasteiger partial charge in [-0.1, -0.05) is 0 Å². The van der Waals surface area contributed by atoms with Crippen molar-refractivity contribution < 1.29 is 13.9 Å². The van der Waals surface area contributed by atoms with E-state index in [4.69, 9.17) is 5.11 Å². The summed E-state index contributed by atoms with van der Waals surface area (Å²) in [5.41, 5.74) is 0. The third-order valence-electron chi connectivity index (χ3n) is 0.987. The highest BCUT2D eigenvalue weighted by molar-refractivity contribution is 4.99. The molecular formula is C6H7FO2. The SMILES string of the molecule is OCCc1ccc(F)o1. The molecule has 0 unspecified atom stereocenters. The number of furan rings is 1. The summed E-state index contributed by atoms with van der Waals surface area (Å²) in [6, 6.07) is 2.13. The van der Waals surface area contributed by atoms with Gasteiger partial charge in [-0.05, 0) is 6.07 Å².